The molecule has 26 heavy (non-hydrogen) atoms. The van der Waals surface area contributed by atoms with Gasteiger partial charge < -0.3 is 0 Å². The summed E-state index contributed by atoms with van der Waals surface area (Å²) >= 11 is 2.60. The minimum atomic E-state index is 0.105. The standard InChI is InChI=1S/C18H16N2O2S4/c21-17-19(13-5-1-3-7-15(13)25-17)9-11-23-24-12-10-20-14-6-2-4-8-16(14)26-18(20)22/h1-8H,9-12H2. The first-order valence-corrected chi connectivity index (χ1v) is 12.3. The van der Waals surface area contributed by atoms with Crippen LogP contribution in [0.1, 0.15) is 0 Å². The first-order valence-electron chi connectivity index (χ1n) is 8.15. The van der Waals surface area contributed by atoms with E-state index >= 15 is 0 Å². The molecule has 4 aromatic rings. The van der Waals surface area contributed by atoms with E-state index in [1.807, 2.05) is 57.7 Å². The molecule has 4 rings (SSSR count). The van der Waals surface area contributed by atoms with Crippen LogP contribution >= 0.6 is 44.3 Å². The number of aromatic nitrogens is 2. The van der Waals surface area contributed by atoms with Gasteiger partial charge in [0.15, 0.2) is 0 Å². The summed E-state index contributed by atoms with van der Waals surface area (Å²) in [6, 6.07) is 15.8. The van der Waals surface area contributed by atoms with Gasteiger partial charge in [-0.25, -0.2) is 0 Å². The molecular weight excluding hydrogens is 404 g/mol. The Morgan fingerprint density at radius 1 is 0.692 bits per heavy atom. The van der Waals surface area contributed by atoms with E-state index in [2.05, 4.69) is 0 Å². The molecular formula is C18H16N2O2S4. The average molecular weight is 421 g/mol. The highest BCUT2D eigenvalue weighted by atomic mass is 33.1. The monoisotopic (exact) mass is 420 g/mol. The molecule has 4 nitrogen and oxygen atoms in total. The van der Waals surface area contributed by atoms with Gasteiger partial charge in [-0.15, -0.1) is 0 Å². The predicted molar refractivity (Wildman–Crippen MR) is 117 cm³/mol. The maximum atomic E-state index is 12.1. The van der Waals surface area contributed by atoms with E-state index in [9.17, 15) is 9.59 Å². The Morgan fingerprint density at radius 2 is 1.12 bits per heavy atom. The van der Waals surface area contributed by atoms with E-state index < -0.39 is 0 Å². The van der Waals surface area contributed by atoms with Gasteiger partial charge in [-0.3, -0.25) is 18.7 Å². The zero-order valence-electron chi connectivity index (χ0n) is 13.8. The summed E-state index contributed by atoms with van der Waals surface area (Å²) < 4.78 is 5.78. The Labute approximate surface area is 165 Å². The van der Waals surface area contributed by atoms with Gasteiger partial charge in [-0.1, -0.05) is 68.5 Å². The van der Waals surface area contributed by atoms with Crippen molar-refractivity contribution in [1.82, 2.24) is 9.13 Å². The third kappa shape index (κ3) is 3.64. The van der Waals surface area contributed by atoms with Crippen molar-refractivity contribution in [3.63, 3.8) is 0 Å². The third-order valence-corrected chi connectivity index (χ3v) is 8.31. The van der Waals surface area contributed by atoms with Crippen molar-refractivity contribution in [2.75, 3.05) is 11.5 Å². The van der Waals surface area contributed by atoms with Crippen molar-refractivity contribution in [3.8, 4) is 0 Å². The maximum absolute atomic E-state index is 12.1. The van der Waals surface area contributed by atoms with Crippen LogP contribution in [-0.2, 0) is 13.1 Å². The number of thiazole rings is 2. The largest absolute Gasteiger partial charge is 0.308 e. The summed E-state index contributed by atoms with van der Waals surface area (Å²) in [5.74, 6) is 1.73. The number of hydrogen-bond donors (Lipinski definition) is 0. The van der Waals surface area contributed by atoms with Crippen LogP contribution in [0, 0.1) is 0 Å². The Kier molecular flexibility index (Phi) is 5.54. The summed E-state index contributed by atoms with van der Waals surface area (Å²) in [5.41, 5.74) is 2.04. The van der Waals surface area contributed by atoms with Crippen LogP contribution in [0.25, 0.3) is 20.4 Å². The van der Waals surface area contributed by atoms with Crippen LogP contribution in [0.5, 0.6) is 0 Å². The van der Waals surface area contributed by atoms with E-state index in [4.69, 9.17) is 0 Å². The van der Waals surface area contributed by atoms with Gasteiger partial charge >= 0.3 is 9.75 Å². The van der Waals surface area contributed by atoms with Crippen molar-refractivity contribution < 1.29 is 0 Å². The Balaban J connectivity index is 1.30. The molecule has 0 amide bonds. The minimum Gasteiger partial charge on any atom is -0.298 e. The molecule has 0 radical (unpaired) electrons. The molecule has 0 saturated heterocycles. The summed E-state index contributed by atoms with van der Waals surface area (Å²) in [7, 11) is 3.50. The smallest absolute Gasteiger partial charge is 0.298 e. The second-order valence-electron chi connectivity index (χ2n) is 5.62. The SMILES string of the molecule is O=c1sc2ccccc2n1CCSSCCn1c(=O)sc2ccccc21. The summed E-state index contributed by atoms with van der Waals surface area (Å²) in [6.07, 6.45) is 0. The molecule has 2 heterocycles. The summed E-state index contributed by atoms with van der Waals surface area (Å²) in [4.78, 5) is 24.4. The number of aryl methyl sites for hydroxylation is 2. The third-order valence-electron chi connectivity index (χ3n) is 4.03. The number of para-hydroxylation sites is 2. The molecule has 2 aromatic carbocycles. The van der Waals surface area contributed by atoms with Gasteiger partial charge in [0.2, 0.25) is 0 Å². The summed E-state index contributed by atoms with van der Waals surface area (Å²) in [6.45, 7) is 1.42. The number of fused-ring (bicyclic) bond motifs is 2. The molecule has 134 valence electrons. The zero-order chi connectivity index (χ0) is 17.9. The predicted octanol–water partition coefficient (Wildman–Crippen LogP) is 4.52. The Hall–Kier alpha value is -1.48. The van der Waals surface area contributed by atoms with E-state index in [0.717, 1.165) is 31.9 Å². The first kappa shape index (κ1) is 17.9. The Bertz CT molecular complexity index is 1060. The van der Waals surface area contributed by atoms with Crippen molar-refractivity contribution >= 4 is 64.7 Å². The minimum absolute atomic E-state index is 0.105. The lowest BCUT2D eigenvalue weighted by Gasteiger charge is -2.05. The van der Waals surface area contributed by atoms with Crippen LogP contribution in [-0.4, -0.2) is 20.6 Å². The second-order valence-corrected chi connectivity index (χ2v) is 10.3. The maximum Gasteiger partial charge on any atom is 0.308 e. The van der Waals surface area contributed by atoms with Crippen molar-refractivity contribution in [3.05, 3.63) is 67.9 Å². The second kappa shape index (κ2) is 8.04. The topological polar surface area (TPSA) is 44.0 Å². The van der Waals surface area contributed by atoms with Crippen LogP contribution < -0.4 is 9.75 Å². The molecule has 8 heteroatoms. The first-order chi connectivity index (χ1) is 12.7. The number of nitrogens with zero attached hydrogens (tertiary/aromatic N) is 2. The molecule has 0 aliphatic heterocycles. The number of rotatable bonds is 7. The normalized spacial score (nSPS) is 11.5. The van der Waals surface area contributed by atoms with E-state index in [0.29, 0.717) is 13.1 Å². The molecule has 0 bridgehead atoms. The molecule has 0 fully saturated rings. The zero-order valence-corrected chi connectivity index (χ0v) is 17.1. The molecule has 0 atom stereocenters. The highest BCUT2D eigenvalue weighted by Gasteiger charge is 2.08. The van der Waals surface area contributed by atoms with E-state index in [1.54, 1.807) is 21.6 Å². The van der Waals surface area contributed by atoms with Gasteiger partial charge in [0.25, 0.3) is 0 Å². The molecule has 2 aromatic heterocycles. The highest BCUT2D eigenvalue weighted by Crippen LogP contribution is 2.24. The lowest BCUT2D eigenvalue weighted by Crippen LogP contribution is -2.14. The van der Waals surface area contributed by atoms with E-state index in [-0.39, 0.29) is 9.75 Å². The molecule has 0 spiro atoms. The van der Waals surface area contributed by atoms with Crippen molar-refractivity contribution in [2.24, 2.45) is 0 Å². The number of hydrogen-bond acceptors (Lipinski definition) is 6. The van der Waals surface area contributed by atoms with Crippen molar-refractivity contribution in [2.45, 2.75) is 13.1 Å². The molecule has 0 saturated carbocycles. The Morgan fingerprint density at radius 3 is 1.58 bits per heavy atom. The fourth-order valence-electron chi connectivity index (χ4n) is 2.83. The van der Waals surface area contributed by atoms with Gasteiger partial charge in [0.1, 0.15) is 0 Å². The van der Waals surface area contributed by atoms with Gasteiger partial charge in [0, 0.05) is 24.6 Å². The van der Waals surface area contributed by atoms with Crippen LogP contribution in [0.15, 0.2) is 58.1 Å². The van der Waals surface area contributed by atoms with Crippen molar-refractivity contribution in [1.29, 1.82) is 0 Å². The van der Waals surface area contributed by atoms with Crippen LogP contribution in [0.3, 0.4) is 0 Å². The lowest BCUT2D eigenvalue weighted by molar-refractivity contribution is 0.787. The van der Waals surface area contributed by atoms with Crippen LogP contribution in [0.2, 0.25) is 0 Å². The van der Waals surface area contributed by atoms with E-state index in [1.165, 1.54) is 22.7 Å². The highest BCUT2D eigenvalue weighted by molar-refractivity contribution is 8.76. The molecule has 0 N–H and O–H groups in total. The average Bonchev–Trinajstić information content (AvgIpc) is 3.14. The molecule has 0 unspecified atom stereocenters. The van der Waals surface area contributed by atoms with Gasteiger partial charge in [-0.05, 0) is 24.3 Å². The summed E-state index contributed by atoms with van der Waals surface area (Å²) in [5, 5.41) is 0. The lowest BCUT2D eigenvalue weighted by atomic mass is 10.3. The van der Waals surface area contributed by atoms with Crippen LogP contribution in [0.4, 0.5) is 0 Å². The quantitative estimate of drug-likeness (QED) is 0.326. The number of benzene rings is 2. The molecule has 0 aliphatic rings. The fourth-order valence-corrected chi connectivity index (χ4v) is 6.57. The molecule has 0 aliphatic carbocycles. The van der Waals surface area contributed by atoms with Gasteiger partial charge in [0.05, 0.1) is 20.4 Å². The fraction of sp³-hybridized carbons (Fsp3) is 0.222. The van der Waals surface area contributed by atoms with Gasteiger partial charge in [-0.2, -0.15) is 0 Å².